The fraction of sp³-hybridized carbons (Fsp3) is 0.389. The molecular weight excluding hydrogens is 260 g/mol. The molecule has 3 nitrogen and oxygen atoms in total. The van der Waals surface area contributed by atoms with Crippen LogP contribution in [0.3, 0.4) is 0 Å². The normalized spacial score (nSPS) is 18.4. The van der Waals surface area contributed by atoms with Crippen LogP contribution in [0.2, 0.25) is 0 Å². The molecule has 2 aromatic rings. The van der Waals surface area contributed by atoms with Gasteiger partial charge in [0.05, 0.1) is 0 Å². The number of hydrogen-bond donors (Lipinski definition) is 1. The van der Waals surface area contributed by atoms with Gasteiger partial charge in [-0.1, -0.05) is 42.8 Å². The molecule has 0 spiro atoms. The molecule has 110 valence electrons. The fourth-order valence-corrected chi connectivity index (χ4v) is 2.68. The zero-order valence-corrected chi connectivity index (χ0v) is 12.3. The quantitative estimate of drug-likeness (QED) is 0.914. The molecule has 1 saturated heterocycles. The van der Waals surface area contributed by atoms with Crippen molar-refractivity contribution in [2.45, 2.75) is 31.7 Å². The number of aromatic nitrogens is 1. The summed E-state index contributed by atoms with van der Waals surface area (Å²) in [5, 5.41) is 3.48. The molecule has 0 amide bonds. The van der Waals surface area contributed by atoms with E-state index in [2.05, 4.69) is 40.6 Å². The van der Waals surface area contributed by atoms with Crippen LogP contribution in [0.25, 0.3) is 0 Å². The summed E-state index contributed by atoms with van der Waals surface area (Å²) >= 11 is 0. The first-order valence-corrected chi connectivity index (χ1v) is 7.75. The summed E-state index contributed by atoms with van der Waals surface area (Å²) in [6.45, 7) is 1.82. The first-order valence-electron chi connectivity index (χ1n) is 7.75. The molecule has 1 aromatic carbocycles. The van der Waals surface area contributed by atoms with Gasteiger partial charge in [-0.05, 0) is 36.9 Å². The second kappa shape index (κ2) is 7.23. The van der Waals surface area contributed by atoms with Crippen molar-refractivity contribution in [3.8, 4) is 5.88 Å². The van der Waals surface area contributed by atoms with Crippen molar-refractivity contribution in [1.82, 2.24) is 10.3 Å². The smallest absolute Gasteiger partial charge is 0.213 e. The van der Waals surface area contributed by atoms with Gasteiger partial charge in [0.2, 0.25) is 5.88 Å². The number of hydrogen-bond acceptors (Lipinski definition) is 3. The van der Waals surface area contributed by atoms with Crippen LogP contribution in [0.5, 0.6) is 5.88 Å². The number of nitrogens with one attached hydrogen (secondary N) is 1. The predicted molar refractivity (Wildman–Crippen MR) is 84.6 cm³/mol. The van der Waals surface area contributed by atoms with Gasteiger partial charge >= 0.3 is 0 Å². The predicted octanol–water partition coefficient (Wildman–Crippen LogP) is 3.19. The van der Waals surface area contributed by atoms with Crippen molar-refractivity contribution in [3.05, 3.63) is 59.8 Å². The number of nitrogens with zero attached hydrogens (tertiary/aromatic N) is 1. The van der Waals surface area contributed by atoms with Crippen LogP contribution in [0.4, 0.5) is 0 Å². The standard InChI is InChI=1S/C18H22N2O/c1-2-6-15(7-3-1)12-16-9-10-18(20-13-16)21-14-17-8-4-5-11-19-17/h1-3,6-7,9-10,13,17,19H,4-5,8,11-12,14H2. The van der Waals surface area contributed by atoms with Crippen molar-refractivity contribution >= 4 is 0 Å². The Morgan fingerprint density at radius 3 is 2.67 bits per heavy atom. The average molecular weight is 282 g/mol. The van der Waals surface area contributed by atoms with Crippen LogP contribution < -0.4 is 10.1 Å². The Morgan fingerprint density at radius 1 is 1.05 bits per heavy atom. The molecule has 1 atom stereocenters. The first-order chi connectivity index (χ1) is 10.4. The molecule has 2 heterocycles. The topological polar surface area (TPSA) is 34.1 Å². The van der Waals surface area contributed by atoms with E-state index in [0.717, 1.165) is 18.8 Å². The Morgan fingerprint density at radius 2 is 1.95 bits per heavy atom. The average Bonchev–Trinajstić information content (AvgIpc) is 2.56. The summed E-state index contributed by atoms with van der Waals surface area (Å²) in [6, 6.07) is 15.0. The van der Waals surface area contributed by atoms with Gasteiger partial charge < -0.3 is 10.1 Å². The van der Waals surface area contributed by atoms with Crippen molar-refractivity contribution < 1.29 is 4.74 Å². The molecule has 21 heavy (non-hydrogen) atoms. The molecule has 0 radical (unpaired) electrons. The number of ether oxygens (including phenoxy) is 1. The SMILES string of the molecule is c1ccc(Cc2ccc(OCC3CCCCN3)nc2)cc1. The minimum Gasteiger partial charge on any atom is -0.476 e. The Balaban J connectivity index is 1.51. The summed E-state index contributed by atoms with van der Waals surface area (Å²) < 4.78 is 5.78. The van der Waals surface area contributed by atoms with Gasteiger partial charge in [-0.15, -0.1) is 0 Å². The number of pyridine rings is 1. The van der Waals surface area contributed by atoms with E-state index in [4.69, 9.17) is 4.74 Å². The third-order valence-corrected chi connectivity index (χ3v) is 3.89. The van der Waals surface area contributed by atoms with Gasteiger partial charge in [0, 0.05) is 18.3 Å². The summed E-state index contributed by atoms with van der Waals surface area (Å²) in [5.41, 5.74) is 2.52. The lowest BCUT2D eigenvalue weighted by atomic mass is 10.1. The van der Waals surface area contributed by atoms with Crippen LogP contribution in [0, 0.1) is 0 Å². The molecule has 1 aliphatic rings. The van der Waals surface area contributed by atoms with E-state index in [9.17, 15) is 0 Å². The maximum absolute atomic E-state index is 5.78. The number of benzene rings is 1. The highest BCUT2D eigenvalue weighted by Crippen LogP contribution is 2.13. The van der Waals surface area contributed by atoms with Gasteiger partial charge in [0.1, 0.15) is 6.61 Å². The van der Waals surface area contributed by atoms with E-state index in [0.29, 0.717) is 12.6 Å². The van der Waals surface area contributed by atoms with Gasteiger partial charge in [-0.3, -0.25) is 0 Å². The number of piperidine rings is 1. The molecule has 0 aliphatic carbocycles. The molecule has 3 rings (SSSR count). The molecule has 1 fully saturated rings. The second-order valence-corrected chi connectivity index (χ2v) is 5.62. The maximum atomic E-state index is 5.78. The Bertz CT molecular complexity index is 533. The Hall–Kier alpha value is -1.87. The van der Waals surface area contributed by atoms with Gasteiger partial charge in [-0.25, -0.2) is 4.98 Å². The van der Waals surface area contributed by atoms with E-state index >= 15 is 0 Å². The summed E-state index contributed by atoms with van der Waals surface area (Å²) in [6.07, 6.45) is 6.61. The molecule has 1 N–H and O–H groups in total. The molecule has 3 heteroatoms. The summed E-state index contributed by atoms with van der Waals surface area (Å²) in [7, 11) is 0. The Labute approximate surface area is 126 Å². The van der Waals surface area contributed by atoms with E-state index in [1.807, 2.05) is 18.3 Å². The van der Waals surface area contributed by atoms with Crippen molar-refractivity contribution in [2.75, 3.05) is 13.2 Å². The molecular formula is C18H22N2O. The lowest BCUT2D eigenvalue weighted by molar-refractivity contribution is 0.232. The van der Waals surface area contributed by atoms with Gasteiger partial charge in [0.25, 0.3) is 0 Å². The minimum atomic E-state index is 0.476. The van der Waals surface area contributed by atoms with Crippen molar-refractivity contribution in [2.24, 2.45) is 0 Å². The third-order valence-electron chi connectivity index (χ3n) is 3.89. The van der Waals surface area contributed by atoms with Gasteiger partial charge in [0.15, 0.2) is 0 Å². The minimum absolute atomic E-state index is 0.476. The molecule has 0 bridgehead atoms. The van der Waals surface area contributed by atoms with Crippen LogP contribution in [0.1, 0.15) is 30.4 Å². The van der Waals surface area contributed by atoms with Crippen LogP contribution in [-0.4, -0.2) is 24.2 Å². The van der Waals surface area contributed by atoms with E-state index < -0.39 is 0 Å². The van der Waals surface area contributed by atoms with E-state index in [1.165, 1.54) is 30.4 Å². The maximum Gasteiger partial charge on any atom is 0.213 e. The zero-order valence-electron chi connectivity index (χ0n) is 12.3. The van der Waals surface area contributed by atoms with Crippen LogP contribution >= 0.6 is 0 Å². The molecule has 1 unspecified atom stereocenters. The summed E-state index contributed by atoms with van der Waals surface area (Å²) in [5.74, 6) is 0.721. The summed E-state index contributed by atoms with van der Waals surface area (Å²) in [4.78, 5) is 4.41. The second-order valence-electron chi connectivity index (χ2n) is 5.62. The van der Waals surface area contributed by atoms with Crippen LogP contribution in [-0.2, 0) is 6.42 Å². The lowest BCUT2D eigenvalue weighted by Crippen LogP contribution is -2.38. The Kier molecular flexibility index (Phi) is 4.85. The molecule has 0 saturated carbocycles. The largest absolute Gasteiger partial charge is 0.476 e. The van der Waals surface area contributed by atoms with E-state index in [1.54, 1.807) is 0 Å². The zero-order chi connectivity index (χ0) is 14.3. The lowest BCUT2D eigenvalue weighted by Gasteiger charge is -2.23. The number of rotatable bonds is 5. The monoisotopic (exact) mass is 282 g/mol. The highest BCUT2D eigenvalue weighted by Gasteiger charge is 2.13. The third kappa shape index (κ3) is 4.30. The first kappa shape index (κ1) is 14.1. The van der Waals surface area contributed by atoms with E-state index in [-0.39, 0.29) is 0 Å². The van der Waals surface area contributed by atoms with Gasteiger partial charge in [-0.2, -0.15) is 0 Å². The van der Waals surface area contributed by atoms with Crippen molar-refractivity contribution in [1.29, 1.82) is 0 Å². The highest BCUT2D eigenvalue weighted by molar-refractivity contribution is 5.26. The fourth-order valence-electron chi connectivity index (χ4n) is 2.68. The van der Waals surface area contributed by atoms with Crippen molar-refractivity contribution in [3.63, 3.8) is 0 Å². The molecule has 1 aromatic heterocycles. The molecule has 1 aliphatic heterocycles. The highest BCUT2D eigenvalue weighted by atomic mass is 16.5. The van der Waals surface area contributed by atoms with Crippen LogP contribution in [0.15, 0.2) is 48.7 Å².